The number of anilines is 1. The van der Waals surface area contributed by atoms with Gasteiger partial charge in [-0.1, -0.05) is 6.92 Å². The fraction of sp³-hybridized carbons (Fsp3) is 0.562. The maximum Gasteiger partial charge on any atom is 0.293 e. The quantitative estimate of drug-likeness (QED) is 0.645. The largest absolute Gasteiger partial charge is 0.377 e. The van der Waals surface area contributed by atoms with E-state index >= 15 is 0 Å². The number of carbonyl (C=O) groups is 1. The normalized spacial score (nSPS) is 20.9. The number of nitro groups is 1. The molecule has 1 aromatic rings. The Hall–Kier alpha value is -2.11. The van der Waals surface area contributed by atoms with Crippen molar-refractivity contribution in [3.8, 4) is 0 Å². The number of benzene rings is 1. The summed E-state index contributed by atoms with van der Waals surface area (Å²) in [7, 11) is 0. The van der Waals surface area contributed by atoms with Crippen molar-refractivity contribution in [2.45, 2.75) is 52.1 Å². The molecular weight excluding hydrogens is 282 g/mol. The van der Waals surface area contributed by atoms with Gasteiger partial charge in [-0.2, -0.15) is 0 Å². The Labute approximate surface area is 130 Å². The zero-order chi connectivity index (χ0) is 16.3. The molecule has 120 valence electrons. The fourth-order valence-corrected chi connectivity index (χ4v) is 2.85. The molecule has 0 radical (unpaired) electrons. The summed E-state index contributed by atoms with van der Waals surface area (Å²) in [6.07, 6.45) is 3.18. The molecule has 1 saturated carbocycles. The molecule has 6 heteroatoms. The molecule has 1 aromatic carbocycles. The maximum atomic E-state index is 12.0. The molecule has 0 aromatic heterocycles. The monoisotopic (exact) mass is 305 g/mol. The first kappa shape index (κ1) is 16.3. The first-order valence-corrected chi connectivity index (χ1v) is 7.72. The number of rotatable bonds is 5. The summed E-state index contributed by atoms with van der Waals surface area (Å²) in [5, 5.41) is 17.3. The standard InChI is InChI=1S/C16H23N3O3/c1-10(2)17-16(20)12-5-7-14(15(9-12)19(21)22)18-13-6-4-11(3)8-13/h5,7,9-11,13,18H,4,6,8H2,1-3H3,(H,17,20). The van der Waals surface area contributed by atoms with Crippen LogP contribution in [0, 0.1) is 16.0 Å². The highest BCUT2D eigenvalue weighted by Crippen LogP contribution is 2.31. The number of hydrogen-bond acceptors (Lipinski definition) is 4. The van der Waals surface area contributed by atoms with E-state index in [1.54, 1.807) is 12.1 Å². The number of hydrogen-bond donors (Lipinski definition) is 2. The lowest BCUT2D eigenvalue weighted by molar-refractivity contribution is -0.384. The lowest BCUT2D eigenvalue weighted by atomic mass is 10.1. The van der Waals surface area contributed by atoms with Gasteiger partial charge in [0, 0.05) is 23.7 Å². The SMILES string of the molecule is CC1CCC(Nc2ccc(C(=O)NC(C)C)cc2[N+](=O)[O-])C1. The van der Waals surface area contributed by atoms with Crippen LogP contribution in [0.2, 0.25) is 0 Å². The minimum Gasteiger partial charge on any atom is -0.377 e. The molecule has 0 heterocycles. The second kappa shape index (κ2) is 6.77. The molecule has 6 nitrogen and oxygen atoms in total. The van der Waals surface area contributed by atoms with E-state index in [1.807, 2.05) is 13.8 Å². The number of amides is 1. The van der Waals surface area contributed by atoms with Gasteiger partial charge in [0.1, 0.15) is 5.69 Å². The number of carbonyl (C=O) groups excluding carboxylic acids is 1. The van der Waals surface area contributed by atoms with Gasteiger partial charge in [-0.15, -0.1) is 0 Å². The average Bonchev–Trinajstić information content (AvgIpc) is 2.83. The molecule has 1 aliphatic carbocycles. The molecule has 0 spiro atoms. The molecule has 0 bridgehead atoms. The van der Waals surface area contributed by atoms with Crippen molar-refractivity contribution >= 4 is 17.3 Å². The second-order valence-corrected chi connectivity index (χ2v) is 6.38. The summed E-state index contributed by atoms with van der Waals surface area (Å²) in [6, 6.07) is 4.87. The highest BCUT2D eigenvalue weighted by atomic mass is 16.6. The van der Waals surface area contributed by atoms with Crippen LogP contribution in [0.4, 0.5) is 11.4 Å². The molecular formula is C16H23N3O3. The van der Waals surface area contributed by atoms with Gasteiger partial charge in [-0.25, -0.2) is 0 Å². The molecule has 2 unspecified atom stereocenters. The summed E-state index contributed by atoms with van der Waals surface area (Å²) in [5.41, 5.74) is 0.756. The van der Waals surface area contributed by atoms with Crippen LogP contribution in [0.15, 0.2) is 18.2 Å². The summed E-state index contributed by atoms with van der Waals surface area (Å²) in [4.78, 5) is 22.8. The third-order valence-corrected chi connectivity index (χ3v) is 3.93. The van der Waals surface area contributed by atoms with Gasteiger partial charge in [-0.3, -0.25) is 14.9 Å². The Morgan fingerprint density at radius 2 is 2.09 bits per heavy atom. The minimum absolute atomic E-state index is 0.00988. The van der Waals surface area contributed by atoms with E-state index in [0.717, 1.165) is 19.3 Å². The summed E-state index contributed by atoms with van der Waals surface area (Å²) in [5.74, 6) is 0.354. The molecule has 1 fully saturated rings. The molecule has 0 aliphatic heterocycles. The molecule has 1 aliphatic rings. The highest BCUT2D eigenvalue weighted by Gasteiger charge is 2.24. The Morgan fingerprint density at radius 1 is 1.36 bits per heavy atom. The number of nitrogens with zero attached hydrogens (tertiary/aromatic N) is 1. The Morgan fingerprint density at radius 3 is 2.64 bits per heavy atom. The molecule has 2 atom stereocenters. The predicted octanol–water partition coefficient (Wildman–Crippen LogP) is 3.33. The van der Waals surface area contributed by atoms with Crippen LogP contribution in [0.3, 0.4) is 0 Å². The maximum absolute atomic E-state index is 12.0. The third-order valence-electron chi connectivity index (χ3n) is 3.93. The van der Waals surface area contributed by atoms with Crippen molar-refractivity contribution in [2.75, 3.05) is 5.32 Å². The second-order valence-electron chi connectivity index (χ2n) is 6.38. The van der Waals surface area contributed by atoms with Crippen LogP contribution < -0.4 is 10.6 Å². The molecule has 22 heavy (non-hydrogen) atoms. The summed E-state index contributed by atoms with van der Waals surface area (Å²) in [6.45, 7) is 5.89. The van der Waals surface area contributed by atoms with Gasteiger partial charge in [0.05, 0.1) is 4.92 Å². The van der Waals surface area contributed by atoms with Gasteiger partial charge < -0.3 is 10.6 Å². The summed E-state index contributed by atoms with van der Waals surface area (Å²) >= 11 is 0. The minimum atomic E-state index is -0.438. The van der Waals surface area contributed by atoms with Crippen LogP contribution in [0.5, 0.6) is 0 Å². The molecule has 1 amide bonds. The van der Waals surface area contributed by atoms with Crippen molar-refractivity contribution in [2.24, 2.45) is 5.92 Å². The van der Waals surface area contributed by atoms with Gasteiger partial charge >= 0.3 is 0 Å². The third kappa shape index (κ3) is 3.96. The average molecular weight is 305 g/mol. The van der Waals surface area contributed by atoms with Crippen molar-refractivity contribution in [3.05, 3.63) is 33.9 Å². The van der Waals surface area contributed by atoms with Crippen LogP contribution >= 0.6 is 0 Å². The number of nitro benzene ring substituents is 1. The van der Waals surface area contributed by atoms with E-state index in [1.165, 1.54) is 6.07 Å². The first-order chi connectivity index (χ1) is 10.4. The van der Waals surface area contributed by atoms with Gasteiger partial charge in [-0.05, 0) is 51.2 Å². The predicted molar refractivity (Wildman–Crippen MR) is 86.1 cm³/mol. The van der Waals surface area contributed by atoms with Crippen molar-refractivity contribution < 1.29 is 9.72 Å². The highest BCUT2D eigenvalue weighted by molar-refractivity contribution is 5.95. The van der Waals surface area contributed by atoms with Gasteiger partial charge in [0.2, 0.25) is 0 Å². The Balaban J connectivity index is 2.20. The van der Waals surface area contributed by atoms with Crippen molar-refractivity contribution in [3.63, 3.8) is 0 Å². The summed E-state index contributed by atoms with van der Waals surface area (Å²) < 4.78 is 0. The fourth-order valence-electron chi connectivity index (χ4n) is 2.85. The van der Waals surface area contributed by atoms with E-state index < -0.39 is 4.92 Å². The molecule has 2 rings (SSSR count). The topological polar surface area (TPSA) is 84.3 Å². The van der Waals surface area contributed by atoms with Crippen LogP contribution in [0.25, 0.3) is 0 Å². The lowest BCUT2D eigenvalue weighted by Gasteiger charge is -2.15. The van der Waals surface area contributed by atoms with E-state index in [0.29, 0.717) is 17.2 Å². The number of nitrogens with one attached hydrogen (secondary N) is 2. The molecule has 2 N–H and O–H groups in total. The van der Waals surface area contributed by atoms with E-state index in [2.05, 4.69) is 17.6 Å². The van der Waals surface area contributed by atoms with Crippen molar-refractivity contribution in [1.29, 1.82) is 0 Å². The Bertz CT molecular complexity index is 572. The Kier molecular flexibility index (Phi) is 5.00. The van der Waals surface area contributed by atoms with Crippen LogP contribution in [-0.2, 0) is 0 Å². The van der Waals surface area contributed by atoms with E-state index in [4.69, 9.17) is 0 Å². The smallest absolute Gasteiger partial charge is 0.293 e. The van der Waals surface area contributed by atoms with E-state index in [-0.39, 0.29) is 23.7 Å². The zero-order valence-electron chi connectivity index (χ0n) is 13.3. The van der Waals surface area contributed by atoms with Gasteiger partial charge in [0.15, 0.2) is 0 Å². The van der Waals surface area contributed by atoms with E-state index in [9.17, 15) is 14.9 Å². The molecule has 0 saturated heterocycles. The lowest BCUT2D eigenvalue weighted by Crippen LogP contribution is -2.30. The van der Waals surface area contributed by atoms with Gasteiger partial charge in [0.25, 0.3) is 11.6 Å². The van der Waals surface area contributed by atoms with Crippen LogP contribution in [-0.4, -0.2) is 22.9 Å². The van der Waals surface area contributed by atoms with Crippen LogP contribution in [0.1, 0.15) is 50.4 Å². The first-order valence-electron chi connectivity index (χ1n) is 7.72. The van der Waals surface area contributed by atoms with Crippen molar-refractivity contribution in [1.82, 2.24) is 5.32 Å². The zero-order valence-corrected chi connectivity index (χ0v) is 13.3.